The highest BCUT2D eigenvalue weighted by Gasteiger charge is 2.48. The van der Waals surface area contributed by atoms with E-state index in [0.29, 0.717) is 30.7 Å². The Balaban J connectivity index is 1.08. The molecule has 2 saturated heterocycles. The fourth-order valence-electron chi connectivity index (χ4n) is 5.65. The molecule has 0 bridgehead atoms. The summed E-state index contributed by atoms with van der Waals surface area (Å²) in [4.78, 5) is 22.5. The molecule has 4 atom stereocenters. The highest BCUT2D eigenvalue weighted by molar-refractivity contribution is 6.34. The van der Waals surface area contributed by atoms with E-state index in [4.69, 9.17) is 25.8 Å². The zero-order chi connectivity index (χ0) is 31.7. The topological polar surface area (TPSA) is 121 Å². The number of nitrogens with zero attached hydrogens (tertiary/aromatic N) is 2. The van der Waals surface area contributed by atoms with Crippen molar-refractivity contribution in [2.45, 2.75) is 50.3 Å². The number of aliphatic hydroxyl groups excluding tert-OH is 1. The van der Waals surface area contributed by atoms with Gasteiger partial charge < -0.3 is 34.5 Å². The number of likely N-dealkylation sites (N-methyl/N-ethyl adjacent to an activating group) is 1. The van der Waals surface area contributed by atoms with E-state index >= 15 is 0 Å². The van der Waals surface area contributed by atoms with Crippen molar-refractivity contribution < 1.29 is 24.1 Å². The maximum atomic E-state index is 12.6. The maximum absolute atomic E-state index is 12.6. The molecular formula is C34H40ClN5O5. The molecule has 45 heavy (non-hydrogen) atoms. The molecule has 3 heterocycles. The van der Waals surface area contributed by atoms with Gasteiger partial charge >= 0.3 is 0 Å². The number of hydrogen-bond acceptors (Lipinski definition) is 8. The van der Waals surface area contributed by atoms with Gasteiger partial charge in [-0.05, 0) is 62.3 Å². The van der Waals surface area contributed by atoms with Gasteiger partial charge in [0.05, 0.1) is 34.8 Å². The van der Waals surface area contributed by atoms with Crippen LogP contribution in [0.3, 0.4) is 0 Å². The first-order valence-corrected chi connectivity index (χ1v) is 15.6. The van der Waals surface area contributed by atoms with Crippen LogP contribution in [0.2, 0.25) is 5.02 Å². The Kier molecular flexibility index (Phi) is 9.15. The highest BCUT2D eigenvalue weighted by Crippen LogP contribution is 2.35. The molecule has 0 saturated carbocycles. The number of fused-ring (bicyclic) bond motifs is 2. The molecule has 238 valence electrons. The molecule has 2 aliphatic rings. The normalized spacial score (nSPS) is 21.4. The lowest BCUT2D eigenvalue weighted by molar-refractivity contribution is -0.126. The number of rotatable bonds is 11. The Bertz CT molecular complexity index is 1640. The van der Waals surface area contributed by atoms with Crippen LogP contribution in [0.5, 0.6) is 6.01 Å². The number of aliphatic hydroxyl groups is 1. The first kappa shape index (κ1) is 31.5. The zero-order valence-electron chi connectivity index (χ0n) is 26.0. The summed E-state index contributed by atoms with van der Waals surface area (Å²) in [5, 5.41) is 17.0. The number of aromatic amines is 1. The van der Waals surface area contributed by atoms with Gasteiger partial charge in [0.1, 0.15) is 18.3 Å². The van der Waals surface area contributed by atoms with Gasteiger partial charge in [-0.15, -0.1) is 0 Å². The van der Waals surface area contributed by atoms with Gasteiger partial charge in [-0.2, -0.15) is 4.98 Å². The predicted molar refractivity (Wildman–Crippen MR) is 174 cm³/mol. The summed E-state index contributed by atoms with van der Waals surface area (Å²) in [7, 11) is 3.97. The quantitative estimate of drug-likeness (QED) is 0.196. The standard InChI is InChI=1S/C34H40ClN5O5/c1-34(2,32(42)36-13-14-40(3)4)37-17-20-5-7-21(8-6-20)22-9-11-23(12-10-22)24-15-26-27(16-25(24)35)39-33(38-26)45-29-19-44-30-28(41)18-43-31(29)30/h5-12,15-16,28-31,37,41H,13-14,17-19H2,1-4H3,(H,36,42)(H,38,39)/t28-,29-,30?,31-/m1/s1. The van der Waals surface area contributed by atoms with Crippen LogP contribution >= 0.6 is 11.6 Å². The van der Waals surface area contributed by atoms with Crippen molar-refractivity contribution in [3.8, 4) is 28.3 Å². The largest absolute Gasteiger partial charge is 0.456 e. The number of H-pyrrole nitrogens is 1. The van der Waals surface area contributed by atoms with Crippen LogP contribution in [-0.2, 0) is 20.8 Å². The van der Waals surface area contributed by atoms with Crippen molar-refractivity contribution in [2.24, 2.45) is 0 Å². The molecule has 1 amide bonds. The fraction of sp³-hybridized carbons (Fsp3) is 0.412. The monoisotopic (exact) mass is 633 g/mol. The molecule has 2 aliphatic heterocycles. The molecule has 4 aromatic rings. The third kappa shape index (κ3) is 7.01. The summed E-state index contributed by atoms with van der Waals surface area (Å²) in [5.74, 6) is -0.0146. The summed E-state index contributed by atoms with van der Waals surface area (Å²) in [6, 6.07) is 20.8. The summed E-state index contributed by atoms with van der Waals surface area (Å²) >= 11 is 6.71. The Labute approximate surface area is 268 Å². The molecule has 1 aromatic heterocycles. The third-order valence-corrected chi connectivity index (χ3v) is 8.74. The second kappa shape index (κ2) is 13.1. The number of aromatic nitrogens is 2. The third-order valence-electron chi connectivity index (χ3n) is 8.42. The minimum Gasteiger partial charge on any atom is -0.456 e. The molecule has 0 spiro atoms. The van der Waals surface area contributed by atoms with Gasteiger partial charge in [0, 0.05) is 25.2 Å². The van der Waals surface area contributed by atoms with E-state index in [0.717, 1.165) is 45.4 Å². The zero-order valence-corrected chi connectivity index (χ0v) is 26.7. The van der Waals surface area contributed by atoms with Gasteiger partial charge in [-0.1, -0.05) is 60.1 Å². The van der Waals surface area contributed by atoms with Crippen LogP contribution in [0, 0.1) is 0 Å². The van der Waals surface area contributed by atoms with E-state index in [1.54, 1.807) is 0 Å². The summed E-state index contributed by atoms with van der Waals surface area (Å²) < 4.78 is 17.4. The smallest absolute Gasteiger partial charge is 0.295 e. The van der Waals surface area contributed by atoms with Crippen LogP contribution in [-0.4, -0.2) is 96.2 Å². The van der Waals surface area contributed by atoms with Crippen LogP contribution in [0.1, 0.15) is 19.4 Å². The first-order valence-electron chi connectivity index (χ1n) is 15.2. The van der Waals surface area contributed by atoms with Gasteiger partial charge in [0.15, 0.2) is 6.10 Å². The van der Waals surface area contributed by atoms with Crippen LogP contribution in [0.15, 0.2) is 60.7 Å². The lowest BCUT2D eigenvalue weighted by Gasteiger charge is -2.26. The average molecular weight is 634 g/mol. The molecule has 2 fully saturated rings. The molecular weight excluding hydrogens is 594 g/mol. The lowest BCUT2D eigenvalue weighted by Crippen LogP contribution is -2.53. The van der Waals surface area contributed by atoms with E-state index in [9.17, 15) is 9.90 Å². The summed E-state index contributed by atoms with van der Waals surface area (Å²) in [5.41, 5.74) is 5.94. The van der Waals surface area contributed by atoms with Crippen molar-refractivity contribution in [1.29, 1.82) is 0 Å². The number of carbonyl (C=O) groups excluding carboxylic acids is 1. The Morgan fingerprint density at radius 3 is 2.42 bits per heavy atom. The van der Waals surface area contributed by atoms with Crippen molar-refractivity contribution in [3.63, 3.8) is 0 Å². The summed E-state index contributed by atoms with van der Waals surface area (Å²) in [6.07, 6.45) is -1.67. The predicted octanol–water partition coefficient (Wildman–Crippen LogP) is 4.00. The van der Waals surface area contributed by atoms with Gasteiger partial charge in [-0.25, -0.2) is 0 Å². The molecule has 0 radical (unpaired) electrons. The SMILES string of the molecule is CN(C)CCNC(=O)C(C)(C)NCc1ccc(-c2ccc(-c3cc4nc(O[C@@H]5COC6[C@H](O)CO[C@@H]65)[nH]c4cc3Cl)cc2)cc1. The van der Waals surface area contributed by atoms with Crippen molar-refractivity contribution in [2.75, 3.05) is 40.4 Å². The fourth-order valence-corrected chi connectivity index (χ4v) is 5.92. The van der Waals surface area contributed by atoms with E-state index in [2.05, 4.69) is 69.1 Å². The molecule has 10 nitrogen and oxygen atoms in total. The van der Waals surface area contributed by atoms with Crippen molar-refractivity contribution in [1.82, 2.24) is 25.5 Å². The van der Waals surface area contributed by atoms with Gasteiger partial charge in [0.25, 0.3) is 6.01 Å². The summed E-state index contributed by atoms with van der Waals surface area (Å²) in [6.45, 7) is 6.37. The second-order valence-corrected chi connectivity index (χ2v) is 12.9. The number of halogens is 1. The van der Waals surface area contributed by atoms with E-state index < -0.39 is 11.6 Å². The van der Waals surface area contributed by atoms with E-state index in [1.807, 2.05) is 45.0 Å². The lowest BCUT2D eigenvalue weighted by atomic mass is 9.99. The minimum atomic E-state index is -0.681. The van der Waals surface area contributed by atoms with Gasteiger partial charge in [-0.3, -0.25) is 10.1 Å². The molecule has 6 rings (SSSR count). The van der Waals surface area contributed by atoms with Gasteiger partial charge in [0.2, 0.25) is 5.91 Å². The number of benzene rings is 3. The molecule has 1 unspecified atom stereocenters. The molecule has 11 heteroatoms. The first-order chi connectivity index (χ1) is 21.6. The van der Waals surface area contributed by atoms with E-state index in [1.165, 1.54) is 0 Å². The number of ether oxygens (including phenoxy) is 3. The molecule has 0 aliphatic carbocycles. The average Bonchev–Trinajstić information content (AvgIpc) is 3.72. The van der Waals surface area contributed by atoms with E-state index in [-0.39, 0.29) is 30.8 Å². The number of hydrogen-bond donors (Lipinski definition) is 4. The maximum Gasteiger partial charge on any atom is 0.295 e. The number of imidazole rings is 1. The second-order valence-electron chi connectivity index (χ2n) is 12.5. The van der Waals surface area contributed by atoms with Crippen molar-refractivity contribution in [3.05, 3.63) is 71.2 Å². The minimum absolute atomic E-state index is 0.0146. The molecule has 4 N–H and O–H groups in total. The Morgan fingerprint density at radius 1 is 1.04 bits per heavy atom. The number of amides is 1. The van der Waals surface area contributed by atoms with Crippen LogP contribution < -0.4 is 15.4 Å². The Hall–Kier alpha value is -3.51. The number of nitrogens with one attached hydrogen (secondary N) is 3. The number of carbonyl (C=O) groups is 1. The van der Waals surface area contributed by atoms with Crippen LogP contribution in [0.4, 0.5) is 0 Å². The van der Waals surface area contributed by atoms with Crippen molar-refractivity contribution >= 4 is 28.5 Å². The highest BCUT2D eigenvalue weighted by atomic mass is 35.5. The Morgan fingerprint density at radius 2 is 1.71 bits per heavy atom. The molecule has 3 aromatic carbocycles. The van der Waals surface area contributed by atoms with Crippen LogP contribution in [0.25, 0.3) is 33.3 Å².